The van der Waals surface area contributed by atoms with Gasteiger partial charge in [0, 0.05) is 12.3 Å². The summed E-state index contributed by atoms with van der Waals surface area (Å²) in [5.74, 6) is 0.927. The van der Waals surface area contributed by atoms with Gasteiger partial charge in [0.15, 0.2) is 0 Å². The van der Waals surface area contributed by atoms with Crippen molar-refractivity contribution >= 4 is 9.84 Å². The summed E-state index contributed by atoms with van der Waals surface area (Å²) in [6.07, 6.45) is 2.37. The van der Waals surface area contributed by atoms with Crippen LogP contribution in [0, 0.1) is 0 Å². The minimum absolute atomic E-state index is 0.137. The van der Waals surface area contributed by atoms with Gasteiger partial charge in [0.25, 0.3) is 0 Å². The second-order valence-electron chi connectivity index (χ2n) is 4.23. The van der Waals surface area contributed by atoms with Crippen LogP contribution in [0.4, 0.5) is 0 Å². The Kier molecular flexibility index (Phi) is 4.96. The Labute approximate surface area is 103 Å². The van der Waals surface area contributed by atoms with Gasteiger partial charge in [-0.15, -0.1) is 0 Å². The van der Waals surface area contributed by atoms with Crippen molar-refractivity contribution in [2.75, 3.05) is 19.1 Å². The van der Waals surface area contributed by atoms with Gasteiger partial charge in [0.2, 0.25) is 0 Å². The van der Waals surface area contributed by atoms with Crippen LogP contribution in [0.25, 0.3) is 0 Å². The van der Waals surface area contributed by atoms with E-state index in [1.807, 2.05) is 24.3 Å². The summed E-state index contributed by atoms with van der Waals surface area (Å²) in [5.41, 5.74) is 6.96. The van der Waals surface area contributed by atoms with E-state index in [4.69, 9.17) is 10.5 Å². The van der Waals surface area contributed by atoms with Crippen molar-refractivity contribution in [3.8, 4) is 5.75 Å². The standard InChI is InChI=1S/C12H19NO3S/c1-16-12-5-3-4-10(9-12)8-11(13)6-7-17(2,14)15/h3-5,9,11H,6-8,13H2,1-2H3. The molecule has 0 bridgehead atoms. The molecule has 0 spiro atoms. The number of benzene rings is 1. The highest BCUT2D eigenvalue weighted by Gasteiger charge is 2.09. The first-order valence-electron chi connectivity index (χ1n) is 5.47. The fraction of sp³-hybridized carbons (Fsp3) is 0.500. The van der Waals surface area contributed by atoms with E-state index >= 15 is 0 Å². The van der Waals surface area contributed by atoms with Crippen molar-refractivity contribution in [3.63, 3.8) is 0 Å². The van der Waals surface area contributed by atoms with Crippen LogP contribution in [-0.2, 0) is 16.3 Å². The van der Waals surface area contributed by atoms with Crippen molar-refractivity contribution in [2.24, 2.45) is 5.73 Å². The molecule has 5 heteroatoms. The number of hydrogen-bond donors (Lipinski definition) is 1. The molecule has 0 radical (unpaired) electrons. The number of sulfone groups is 1. The predicted molar refractivity (Wildman–Crippen MR) is 69.0 cm³/mol. The first kappa shape index (κ1) is 14.0. The minimum Gasteiger partial charge on any atom is -0.497 e. The molecule has 0 aliphatic heterocycles. The number of methoxy groups -OCH3 is 1. The van der Waals surface area contributed by atoms with Crippen LogP contribution in [-0.4, -0.2) is 33.6 Å². The lowest BCUT2D eigenvalue weighted by Gasteiger charge is -2.11. The van der Waals surface area contributed by atoms with Crippen LogP contribution in [0.5, 0.6) is 5.75 Å². The molecule has 1 unspecified atom stereocenters. The van der Waals surface area contributed by atoms with Gasteiger partial charge in [-0.1, -0.05) is 12.1 Å². The van der Waals surface area contributed by atoms with Crippen molar-refractivity contribution in [3.05, 3.63) is 29.8 Å². The molecule has 0 saturated carbocycles. The van der Waals surface area contributed by atoms with Crippen molar-refractivity contribution in [2.45, 2.75) is 18.9 Å². The molecule has 2 N–H and O–H groups in total. The van der Waals surface area contributed by atoms with Gasteiger partial charge >= 0.3 is 0 Å². The molecule has 1 rings (SSSR count). The van der Waals surface area contributed by atoms with Gasteiger partial charge in [-0.3, -0.25) is 0 Å². The lowest BCUT2D eigenvalue weighted by Crippen LogP contribution is -2.25. The average molecular weight is 257 g/mol. The van der Waals surface area contributed by atoms with Gasteiger partial charge in [-0.2, -0.15) is 0 Å². The minimum atomic E-state index is -2.93. The third-order valence-corrected chi connectivity index (χ3v) is 3.47. The normalized spacial score (nSPS) is 13.4. The van der Waals surface area contributed by atoms with E-state index in [1.54, 1.807) is 7.11 Å². The molecular formula is C12H19NO3S. The first-order chi connectivity index (χ1) is 7.90. The molecule has 0 amide bonds. The van der Waals surface area contributed by atoms with Crippen LogP contribution in [0.3, 0.4) is 0 Å². The highest BCUT2D eigenvalue weighted by Crippen LogP contribution is 2.14. The maximum atomic E-state index is 11.0. The van der Waals surface area contributed by atoms with Gasteiger partial charge in [0.05, 0.1) is 12.9 Å². The molecule has 1 atom stereocenters. The largest absolute Gasteiger partial charge is 0.497 e. The van der Waals surface area contributed by atoms with E-state index in [0.717, 1.165) is 11.3 Å². The summed E-state index contributed by atoms with van der Waals surface area (Å²) in [7, 11) is -1.32. The zero-order chi connectivity index (χ0) is 12.9. The topological polar surface area (TPSA) is 69.4 Å². The van der Waals surface area contributed by atoms with Crippen molar-refractivity contribution < 1.29 is 13.2 Å². The molecule has 0 aliphatic rings. The molecular weight excluding hydrogens is 238 g/mol. The molecule has 0 aromatic heterocycles. The van der Waals surface area contributed by atoms with Gasteiger partial charge < -0.3 is 10.5 Å². The molecule has 1 aromatic carbocycles. The zero-order valence-corrected chi connectivity index (χ0v) is 11.0. The molecule has 0 aliphatic carbocycles. The summed E-state index contributed by atoms with van der Waals surface area (Å²) in [5, 5.41) is 0. The molecule has 0 fully saturated rings. The molecule has 0 saturated heterocycles. The fourth-order valence-electron chi connectivity index (χ4n) is 1.57. The van der Waals surface area contributed by atoms with Gasteiger partial charge in [0.1, 0.15) is 15.6 Å². The molecule has 96 valence electrons. The Morgan fingerprint density at radius 3 is 2.71 bits per heavy atom. The zero-order valence-electron chi connectivity index (χ0n) is 10.2. The van der Waals surface area contributed by atoms with Gasteiger partial charge in [-0.25, -0.2) is 8.42 Å². The summed E-state index contributed by atoms with van der Waals surface area (Å²) >= 11 is 0. The van der Waals surface area contributed by atoms with E-state index in [-0.39, 0.29) is 11.8 Å². The Morgan fingerprint density at radius 2 is 2.12 bits per heavy atom. The second-order valence-corrected chi connectivity index (χ2v) is 6.49. The molecule has 0 heterocycles. The monoisotopic (exact) mass is 257 g/mol. The van der Waals surface area contributed by atoms with E-state index < -0.39 is 9.84 Å². The van der Waals surface area contributed by atoms with Crippen LogP contribution in [0.2, 0.25) is 0 Å². The van der Waals surface area contributed by atoms with E-state index in [2.05, 4.69) is 0 Å². The number of rotatable bonds is 6. The smallest absolute Gasteiger partial charge is 0.147 e. The number of hydrogen-bond acceptors (Lipinski definition) is 4. The van der Waals surface area contributed by atoms with Crippen LogP contribution in [0.15, 0.2) is 24.3 Å². The highest BCUT2D eigenvalue weighted by atomic mass is 32.2. The van der Waals surface area contributed by atoms with E-state index in [0.29, 0.717) is 12.8 Å². The SMILES string of the molecule is COc1cccc(CC(N)CCS(C)(=O)=O)c1. The van der Waals surface area contributed by atoms with Crippen molar-refractivity contribution in [1.29, 1.82) is 0 Å². The van der Waals surface area contributed by atoms with E-state index in [1.165, 1.54) is 6.26 Å². The first-order valence-corrected chi connectivity index (χ1v) is 7.53. The fourth-order valence-corrected chi connectivity index (χ4v) is 2.30. The number of nitrogens with two attached hydrogens (primary N) is 1. The molecule has 1 aromatic rings. The summed E-state index contributed by atoms with van der Waals surface area (Å²) in [6.45, 7) is 0. The second kappa shape index (κ2) is 6.02. The van der Waals surface area contributed by atoms with Gasteiger partial charge in [-0.05, 0) is 30.5 Å². The molecule has 4 nitrogen and oxygen atoms in total. The Morgan fingerprint density at radius 1 is 1.41 bits per heavy atom. The predicted octanol–water partition coefficient (Wildman–Crippen LogP) is 1.000. The van der Waals surface area contributed by atoms with Crippen molar-refractivity contribution in [1.82, 2.24) is 0 Å². The third-order valence-electron chi connectivity index (χ3n) is 2.49. The van der Waals surface area contributed by atoms with Crippen LogP contribution in [0.1, 0.15) is 12.0 Å². The average Bonchev–Trinajstić information content (AvgIpc) is 2.26. The lowest BCUT2D eigenvalue weighted by molar-refractivity contribution is 0.414. The van der Waals surface area contributed by atoms with Crippen LogP contribution >= 0.6 is 0 Å². The van der Waals surface area contributed by atoms with Crippen LogP contribution < -0.4 is 10.5 Å². The Bertz CT molecular complexity index is 457. The van der Waals surface area contributed by atoms with E-state index in [9.17, 15) is 8.42 Å². The third kappa shape index (κ3) is 5.70. The summed E-state index contributed by atoms with van der Waals surface area (Å²) in [6, 6.07) is 7.50. The maximum Gasteiger partial charge on any atom is 0.147 e. The highest BCUT2D eigenvalue weighted by molar-refractivity contribution is 7.90. The molecule has 17 heavy (non-hydrogen) atoms. The Balaban J connectivity index is 2.52. The Hall–Kier alpha value is -1.07. The number of ether oxygens (including phenoxy) is 1. The summed E-state index contributed by atoms with van der Waals surface area (Å²) in [4.78, 5) is 0. The lowest BCUT2D eigenvalue weighted by atomic mass is 10.0. The maximum absolute atomic E-state index is 11.0. The summed E-state index contributed by atoms with van der Waals surface area (Å²) < 4.78 is 27.1. The quantitative estimate of drug-likeness (QED) is 0.825.